The van der Waals surface area contributed by atoms with E-state index in [1.54, 1.807) is 12.1 Å². The number of hydrogen-bond donors (Lipinski definition) is 1. The van der Waals surface area contributed by atoms with Crippen LogP contribution in [0, 0.1) is 11.6 Å². The summed E-state index contributed by atoms with van der Waals surface area (Å²) in [5.74, 6) is -0.514. The molecule has 2 heterocycles. The molecule has 1 atom stereocenters. The molecule has 0 radical (unpaired) electrons. The molecule has 1 N–H and O–H groups in total. The van der Waals surface area contributed by atoms with Crippen LogP contribution in [0.5, 0.6) is 0 Å². The maximum absolute atomic E-state index is 14.5. The Labute approximate surface area is 187 Å². The summed E-state index contributed by atoms with van der Waals surface area (Å²) in [6.07, 6.45) is 0.366. The Kier molecular flexibility index (Phi) is 7.01. The molecule has 0 spiro atoms. The van der Waals surface area contributed by atoms with Crippen molar-refractivity contribution in [3.05, 3.63) is 77.1 Å². The summed E-state index contributed by atoms with van der Waals surface area (Å²) in [5, 5.41) is 3.18. The Morgan fingerprint density at radius 2 is 1.59 bits per heavy atom. The van der Waals surface area contributed by atoms with E-state index in [2.05, 4.69) is 19.6 Å². The first-order chi connectivity index (χ1) is 15.5. The zero-order valence-electron chi connectivity index (χ0n) is 17.3. The molecular weight excluding hydrogens is 439 g/mol. The smallest absolute Gasteiger partial charge is 0.351 e. The number of halogens is 3. The normalized spacial score (nSPS) is 15.1. The molecule has 1 saturated heterocycles. The number of nitrogens with zero attached hydrogens (tertiary/aromatic N) is 4. The molecule has 1 fully saturated rings. The van der Waals surface area contributed by atoms with Crippen LogP contribution in [0.3, 0.4) is 0 Å². The van der Waals surface area contributed by atoms with E-state index < -0.39 is 11.1 Å². The highest BCUT2D eigenvalue weighted by molar-refractivity contribution is 7.24. The maximum atomic E-state index is 14.5. The van der Waals surface area contributed by atoms with Gasteiger partial charge in [-0.15, -0.1) is 0 Å². The van der Waals surface area contributed by atoms with Crippen molar-refractivity contribution in [1.82, 2.24) is 19.6 Å². The summed E-state index contributed by atoms with van der Waals surface area (Å²) in [6, 6.07) is 11.4. The van der Waals surface area contributed by atoms with Gasteiger partial charge in [0.2, 0.25) is 0 Å². The first-order valence-corrected chi connectivity index (χ1v) is 11.4. The van der Waals surface area contributed by atoms with Crippen molar-refractivity contribution in [2.75, 3.05) is 44.2 Å². The van der Waals surface area contributed by atoms with Crippen molar-refractivity contribution in [3.63, 3.8) is 0 Å². The standard InChI is InChI=1S/C22H22F3N5OS/c23-18-5-1-16(2-6-18)15-20-27-22(32(25)28-20)30-13-11-29(12-14-30)10-9-26-21(31)17-3-7-19(24)8-4-17/h1-8H,9-15H2/p+1. The van der Waals surface area contributed by atoms with Crippen LogP contribution in [-0.2, 0) is 6.42 Å². The van der Waals surface area contributed by atoms with Gasteiger partial charge < -0.3 is 10.2 Å². The first kappa shape index (κ1) is 22.2. The molecule has 4 rings (SSSR count). The Morgan fingerprint density at radius 3 is 2.25 bits per heavy atom. The number of piperazine rings is 1. The van der Waals surface area contributed by atoms with E-state index in [4.69, 9.17) is 0 Å². The van der Waals surface area contributed by atoms with Crippen LogP contribution < -0.4 is 10.2 Å². The average molecular weight is 463 g/mol. The predicted molar refractivity (Wildman–Crippen MR) is 118 cm³/mol. The lowest BCUT2D eigenvalue weighted by atomic mass is 10.1. The maximum Gasteiger partial charge on any atom is 0.414 e. The van der Waals surface area contributed by atoms with Crippen molar-refractivity contribution < 1.29 is 17.5 Å². The molecule has 6 nitrogen and oxygen atoms in total. The van der Waals surface area contributed by atoms with Gasteiger partial charge in [0.1, 0.15) is 11.6 Å². The fourth-order valence-electron chi connectivity index (χ4n) is 3.53. The number of aromatic nitrogens is 2. The van der Waals surface area contributed by atoms with E-state index in [0.717, 1.165) is 18.7 Å². The Bertz CT molecular complexity index is 1050. The lowest BCUT2D eigenvalue weighted by molar-refractivity contribution is 0.0947. The Morgan fingerprint density at radius 1 is 0.969 bits per heavy atom. The second kappa shape index (κ2) is 10.1. The summed E-state index contributed by atoms with van der Waals surface area (Å²) < 4.78 is 44.5. The zero-order valence-corrected chi connectivity index (χ0v) is 18.1. The van der Waals surface area contributed by atoms with Gasteiger partial charge in [-0.25, -0.2) is 8.78 Å². The van der Waals surface area contributed by atoms with Crippen LogP contribution in [0.25, 0.3) is 0 Å². The third kappa shape index (κ3) is 5.63. The number of carbonyl (C=O) groups excluding carboxylic acids is 1. The fourth-order valence-corrected chi connectivity index (χ4v) is 4.48. The van der Waals surface area contributed by atoms with Gasteiger partial charge in [0.25, 0.3) is 5.91 Å². The van der Waals surface area contributed by atoms with E-state index in [9.17, 15) is 17.5 Å². The van der Waals surface area contributed by atoms with Gasteiger partial charge >= 0.3 is 16.2 Å². The van der Waals surface area contributed by atoms with Gasteiger partial charge in [-0.3, -0.25) is 9.69 Å². The van der Waals surface area contributed by atoms with Crippen LogP contribution in [0.4, 0.5) is 17.8 Å². The van der Waals surface area contributed by atoms with Gasteiger partial charge in [-0.2, -0.15) is 4.98 Å². The minimum absolute atomic E-state index is 0.240. The van der Waals surface area contributed by atoms with E-state index in [-0.39, 0.29) is 17.5 Å². The quantitative estimate of drug-likeness (QED) is 0.546. The minimum atomic E-state index is -1.77. The molecule has 10 heteroatoms. The summed E-state index contributed by atoms with van der Waals surface area (Å²) in [6.45, 7) is 3.82. The van der Waals surface area contributed by atoms with Gasteiger partial charge in [0.15, 0.2) is 5.82 Å². The SMILES string of the molecule is O=C(NCCN1CCN(c2nc(Cc3ccc(F)cc3)n[s+]2F)CC1)c1ccc(F)cc1. The van der Waals surface area contributed by atoms with Gasteiger partial charge in [-0.1, -0.05) is 12.1 Å². The number of benzene rings is 2. The van der Waals surface area contributed by atoms with E-state index in [1.165, 1.54) is 36.4 Å². The number of nitrogens with one attached hydrogen (secondary N) is 1. The van der Waals surface area contributed by atoms with Crippen molar-refractivity contribution >= 4 is 22.1 Å². The van der Waals surface area contributed by atoms with Crippen LogP contribution in [0.1, 0.15) is 21.7 Å². The summed E-state index contributed by atoms with van der Waals surface area (Å²) in [7, 11) is 0. The second-order valence-electron chi connectivity index (χ2n) is 7.53. The van der Waals surface area contributed by atoms with Crippen LogP contribution >= 0.6 is 11.1 Å². The Balaban J connectivity index is 1.24. The van der Waals surface area contributed by atoms with Gasteiger partial charge in [0.05, 0.1) is 3.89 Å². The minimum Gasteiger partial charge on any atom is -0.351 e. The largest absolute Gasteiger partial charge is 0.414 e. The monoisotopic (exact) mass is 462 g/mol. The molecule has 32 heavy (non-hydrogen) atoms. The van der Waals surface area contributed by atoms with E-state index in [0.29, 0.717) is 49.1 Å². The van der Waals surface area contributed by atoms with Gasteiger partial charge in [-0.05, 0) is 42.0 Å². The Hall–Kier alpha value is -2.98. The molecule has 2 aromatic carbocycles. The molecule has 1 aliphatic rings. The molecule has 3 aromatic rings. The zero-order chi connectivity index (χ0) is 22.5. The summed E-state index contributed by atoms with van der Waals surface area (Å²) >= 11 is -1.77. The second-order valence-corrected chi connectivity index (χ2v) is 8.56. The average Bonchev–Trinajstić information content (AvgIpc) is 3.16. The lowest BCUT2D eigenvalue weighted by Gasteiger charge is -2.32. The number of anilines is 1. The lowest BCUT2D eigenvalue weighted by Crippen LogP contribution is -2.48. The third-order valence-corrected chi connectivity index (χ3v) is 6.32. The first-order valence-electron chi connectivity index (χ1n) is 10.3. The van der Waals surface area contributed by atoms with E-state index in [1.807, 2.05) is 4.90 Å². The molecule has 1 aromatic heterocycles. The molecule has 1 unspecified atom stereocenters. The molecule has 0 bridgehead atoms. The number of carbonyl (C=O) groups is 1. The van der Waals surface area contributed by atoms with Crippen LogP contribution in [-0.4, -0.2) is 59.4 Å². The van der Waals surface area contributed by atoms with Crippen LogP contribution in [0.15, 0.2) is 48.5 Å². The topological polar surface area (TPSA) is 61.4 Å². The molecule has 168 valence electrons. The van der Waals surface area contributed by atoms with Crippen molar-refractivity contribution in [1.29, 1.82) is 0 Å². The third-order valence-electron chi connectivity index (χ3n) is 5.30. The molecule has 0 saturated carbocycles. The molecule has 1 aliphatic heterocycles. The molecule has 0 aliphatic carbocycles. The molecule has 1 amide bonds. The van der Waals surface area contributed by atoms with Crippen molar-refractivity contribution in [2.45, 2.75) is 6.42 Å². The van der Waals surface area contributed by atoms with E-state index >= 15 is 0 Å². The highest BCUT2D eigenvalue weighted by atomic mass is 32.2. The number of amides is 1. The summed E-state index contributed by atoms with van der Waals surface area (Å²) in [4.78, 5) is 20.6. The highest BCUT2D eigenvalue weighted by Gasteiger charge is 2.31. The van der Waals surface area contributed by atoms with Crippen LogP contribution in [0.2, 0.25) is 0 Å². The van der Waals surface area contributed by atoms with Crippen molar-refractivity contribution in [3.8, 4) is 0 Å². The predicted octanol–water partition coefficient (Wildman–Crippen LogP) is 3.38. The highest BCUT2D eigenvalue weighted by Crippen LogP contribution is 2.31. The summed E-state index contributed by atoms with van der Waals surface area (Å²) in [5.41, 5.74) is 1.25. The molecular formula is C22H23F3N5OS+. The number of hydrogen-bond acceptors (Lipinski definition) is 5. The fraction of sp³-hybridized carbons (Fsp3) is 0.318. The van der Waals surface area contributed by atoms with Crippen molar-refractivity contribution in [2.24, 2.45) is 0 Å². The number of rotatable bonds is 7. The van der Waals surface area contributed by atoms with Gasteiger partial charge in [0, 0.05) is 55.6 Å².